The Hall–Kier alpha value is -0.870. The molecule has 1 aliphatic rings. The van der Waals surface area contributed by atoms with E-state index in [9.17, 15) is 4.79 Å². The standard InChI is InChI=1S/C12H23N3O/c1-3-6-14-12(16)10-15-7-4-5-11(9-15)8-13-2/h3,11,13H,1,4-10H2,2H3,(H,14,16). The van der Waals surface area contributed by atoms with Crippen molar-refractivity contribution in [2.45, 2.75) is 12.8 Å². The van der Waals surface area contributed by atoms with Crippen LogP contribution >= 0.6 is 0 Å². The van der Waals surface area contributed by atoms with Crippen LogP contribution in [0.5, 0.6) is 0 Å². The summed E-state index contributed by atoms with van der Waals surface area (Å²) < 4.78 is 0. The molecule has 4 heteroatoms. The van der Waals surface area contributed by atoms with Gasteiger partial charge in [0.1, 0.15) is 0 Å². The first-order chi connectivity index (χ1) is 7.76. The molecule has 1 fully saturated rings. The molecule has 2 N–H and O–H groups in total. The highest BCUT2D eigenvalue weighted by Crippen LogP contribution is 2.14. The predicted molar refractivity (Wildman–Crippen MR) is 66.3 cm³/mol. The number of carbonyl (C=O) groups excluding carboxylic acids is 1. The van der Waals surface area contributed by atoms with Gasteiger partial charge in [0.2, 0.25) is 5.91 Å². The largest absolute Gasteiger partial charge is 0.352 e. The SMILES string of the molecule is C=CCNC(=O)CN1CCCC(CNC)C1. The quantitative estimate of drug-likeness (QED) is 0.636. The second kappa shape index (κ2) is 7.41. The number of hydrogen-bond acceptors (Lipinski definition) is 3. The molecule has 4 nitrogen and oxygen atoms in total. The van der Waals surface area contributed by atoms with Crippen molar-refractivity contribution in [1.29, 1.82) is 0 Å². The number of carbonyl (C=O) groups is 1. The lowest BCUT2D eigenvalue weighted by atomic mass is 9.98. The van der Waals surface area contributed by atoms with Gasteiger partial charge in [0.05, 0.1) is 6.54 Å². The molecule has 1 aliphatic heterocycles. The number of amides is 1. The number of nitrogens with one attached hydrogen (secondary N) is 2. The maximum Gasteiger partial charge on any atom is 0.234 e. The van der Waals surface area contributed by atoms with Crippen molar-refractivity contribution in [3.05, 3.63) is 12.7 Å². The Bertz CT molecular complexity index is 228. The van der Waals surface area contributed by atoms with Crippen LogP contribution in [-0.4, -0.2) is 50.6 Å². The third-order valence-electron chi connectivity index (χ3n) is 2.91. The van der Waals surface area contributed by atoms with Crippen molar-refractivity contribution in [2.24, 2.45) is 5.92 Å². The average Bonchev–Trinajstić information content (AvgIpc) is 2.27. The lowest BCUT2D eigenvalue weighted by Gasteiger charge is -2.32. The Morgan fingerprint density at radius 2 is 2.44 bits per heavy atom. The second-order valence-corrected chi connectivity index (χ2v) is 4.39. The van der Waals surface area contributed by atoms with Gasteiger partial charge in [-0.15, -0.1) is 6.58 Å². The van der Waals surface area contributed by atoms with Crippen LogP contribution in [-0.2, 0) is 4.79 Å². The number of rotatable bonds is 6. The monoisotopic (exact) mass is 225 g/mol. The van der Waals surface area contributed by atoms with Crippen LogP contribution in [0.1, 0.15) is 12.8 Å². The molecular formula is C12H23N3O. The molecule has 1 rings (SSSR count). The summed E-state index contributed by atoms with van der Waals surface area (Å²) in [6, 6.07) is 0. The summed E-state index contributed by atoms with van der Waals surface area (Å²) in [7, 11) is 1.98. The molecule has 0 spiro atoms. The van der Waals surface area contributed by atoms with E-state index in [4.69, 9.17) is 0 Å². The Balaban J connectivity index is 2.25. The second-order valence-electron chi connectivity index (χ2n) is 4.39. The first-order valence-electron chi connectivity index (χ1n) is 6.00. The first-order valence-corrected chi connectivity index (χ1v) is 6.00. The number of piperidine rings is 1. The highest BCUT2D eigenvalue weighted by atomic mass is 16.2. The van der Waals surface area contributed by atoms with Crippen molar-refractivity contribution >= 4 is 5.91 Å². The number of nitrogens with zero attached hydrogens (tertiary/aromatic N) is 1. The molecule has 1 amide bonds. The Morgan fingerprint density at radius 1 is 1.62 bits per heavy atom. The Labute approximate surface area is 98.1 Å². The summed E-state index contributed by atoms with van der Waals surface area (Å²) in [6.07, 6.45) is 4.17. The van der Waals surface area contributed by atoms with E-state index in [-0.39, 0.29) is 5.91 Å². The van der Waals surface area contributed by atoms with Gasteiger partial charge in [-0.05, 0) is 38.9 Å². The van der Waals surface area contributed by atoms with Crippen molar-refractivity contribution in [2.75, 3.05) is 39.8 Å². The van der Waals surface area contributed by atoms with Crippen LogP contribution in [0, 0.1) is 5.92 Å². The van der Waals surface area contributed by atoms with E-state index in [1.165, 1.54) is 12.8 Å². The Kier molecular flexibility index (Phi) is 6.11. The van der Waals surface area contributed by atoms with Gasteiger partial charge >= 0.3 is 0 Å². The fraction of sp³-hybridized carbons (Fsp3) is 0.750. The molecule has 0 bridgehead atoms. The maximum absolute atomic E-state index is 11.5. The molecule has 1 saturated heterocycles. The number of likely N-dealkylation sites (tertiary alicyclic amines) is 1. The fourth-order valence-electron chi connectivity index (χ4n) is 2.20. The van der Waals surface area contributed by atoms with Crippen LogP contribution < -0.4 is 10.6 Å². The van der Waals surface area contributed by atoms with Crippen LogP contribution in [0.4, 0.5) is 0 Å². The van der Waals surface area contributed by atoms with Gasteiger partial charge in [-0.3, -0.25) is 9.69 Å². The maximum atomic E-state index is 11.5. The zero-order valence-electron chi connectivity index (χ0n) is 10.2. The zero-order chi connectivity index (χ0) is 11.8. The third kappa shape index (κ3) is 4.77. The van der Waals surface area contributed by atoms with Crippen LogP contribution in [0.15, 0.2) is 12.7 Å². The molecule has 92 valence electrons. The summed E-state index contributed by atoms with van der Waals surface area (Å²) >= 11 is 0. The van der Waals surface area contributed by atoms with E-state index in [1.807, 2.05) is 7.05 Å². The summed E-state index contributed by atoms with van der Waals surface area (Å²) in [6.45, 7) is 7.78. The fourth-order valence-corrected chi connectivity index (χ4v) is 2.20. The molecular weight excluding hydrogens is 202 g/mol. The number of hydrogen-bond donors (Lipinski definition) is 2. The van der Waals surface area contributed by atoms with Crippen molar-refractivity contribution in [3.63, 3.8) is 0 Å². The topological polar surface area (TPSA) is 44.4 Å². The van der Waals surface area contributed by atoms with E-state index < -0.39 is 0 Å². The highest BCUT2D eigenvalue weighted by Gasteiger charge is 2.20. The van der Waals surface area contributed by atoms with Gasteiger partial charge < -0.3 is 10.6 Å². The minimum atomic E-state index is 0.102. The first kappa shape index (κ1) is 13.2. The van der Waals surface area contributed by atoms with Crippen LogP contribution in [0.2, 0.25) is 0 Å². The Morgan fingerprint density at radius 3 is 3.12 bits per heavy atom. The molecule has 0 aromatic heterocycles. The van der Waals surface area contributed by atoms with E-state index in [0.717, 1.165) is 19.6 Å². The molecule has 0 aromatic rings. The van der Waals surface area contributed by atoms with Gasteiger partial charge in [0.25, 0.3) is 0 Å². The zero-order valence-corrected chi connectivity index (χ0v) is 10.2. The molecule has 0 aliphatic carbocycles. The van der Waals surface area contributed by atoms with Crippen molar-refractivity contribution < 1.29 is 4.79 Å². The molecule has 1 unspecified atom stereocenters. The van der Waals surface area contributed by atoms with Gasteiger partial charge in [-0.2, -0.15) is 0 Å². The molecule has 0 aromatic carbocycles. The third-order valence-corrected chi connectivity index (χ3v) is 2.91. The van der Waals surface area contributed by atoms with Gasteiger partial charge in [0.15, 0.2) is 0 Å². The molecule has 1 atom stereocenters. The molecule has 1 heterocycles. The smallest absolute Gasteiger partial charge is 0.234 e. The lowest BCUT2D eigenvalue weighted by Crippen LogP contribution is -2.44. The van der Waals surface area contributed by atoms with E-state index in [2.05, 4.69) is 22.1 Å². The van der Waals surface area contributed by atoms with Crippen LogP contribution in [0.25, 0.3) is 0 Å². The van der Waals surface area contributed by atoms with Crippen molar-refractivity contribution in [1.82, 2.24) is 15.5 Å². The molecule has 0 saturated carbocycles. The molecule has 0 radical (unpaired) electrons. The van der Waals surface area contributed by atoms with Gasteiger partial charge in [-0.25, -0.2) is 0 Å². The van der Waals surface area contributed by atoms with E-state index in [1.54, 1.807) is 6.08 Å². The molecule has 16 heavy (non-hydrogen) atoms. The summed E-state index contributed by atoms with van der Waals surface area (Å²) in [4.78, 5) is 13.8. The summed E-state index contributed by atoms with van der Waals surface area (Å²) in [5.74, 6) is 0.788. The summed E-state index contributed by atoms with van der Waals surface area (Å²) in [5, 5.41) is 6.02. The average molecular weight is 225 g/mol. The van der Waals surface area contributed by atoms with Gasteiger partial charge in [0, 0.05) is 13.1 Å². The predicted octanol–water partition coefficient (Wildman–Crippen LogP) is 0.220. The van der Waals surface area contributed by atoms with Crippen molar-refractivity contribution in [3.8, 4) is 0 Å². The van der Waals surface area contributed by atoms with E-state index in [0.29, 0.717) is 19.0 Å². The lowest BCUT2D eigenvalue weighted by molar-refractivity contribution is -0.122. The minimum absolute atomic E-state index is 0.102. The van der Waals surface area contributed by atoms with Gasteiger partial charge in [-0.1, -0.05) is 6.08 Å². The van der Waals surface area contributed by atoms with Crippen LogP contribution in [0.3, 0.4) is 0 Å². The minimum Gasteiger partial charge on any atom is -0.352 e. The van der Waals surface area contributed by atoms with E-state index >= 15 is 0 Å². The normalized spacial score (nSPS) is 21.7. The summed E-state index contributed by atoms with van der Waals surface area (Å²) in [5.41, 5.74) is 0. The highest BCUT2D eigenvalue weighted by molar-refractivity contribution is 5.78.